The van der Waals surface area contributed by atoms with Crippen LogP contribution in [0.1, 0.15) is 19.2 Å². The molecule has 3 aromatic rings. The lowest BCUT2D eigenvalue weighted by atomic mass is 10.2. The van der Waals surface area contributed by atoms with Gasteiger partial charge in [0.05, 0.1) is 26.3 Å². The highest BCUT2D eigenvalue weighted by molar-refractivity contribution is 6.30. The van der Waals surface area contributed by atoms with Crippen LogP contribution in [0, 0.1) is 0 Å². The Bertz CT molecular complexity index is 991. The zero-order chi connectivity index (χ0) is 21.5. The zero-order valence-corrected chi connectivity index (χ0v) is 17.6. The van der Waals surface area contributed by atoms with Gasteiger partial charge in [0.25, 0.3) is 5.91 Å². The molecule has 0 aliphatic carbocycles. The van der Waals surface area contributed by atoms with E-state index >= 15 is 0 Å². The van der Waals surface area contributed by atoms with Crippen LogP contribution in [0.5, 0.6) is 17.2 Å². The van der Waals surface area contributed by atoms with E-state index in [9.17, 15) is 4.79 Å². The highest BCUT2D eigenvalue weighted by atomic mass is 35.5. The van der Waals surface area contributed by atoms with Crippen LogP contribution in [0.4, 0.5) is 0 Å². The number of nitrogens with one attached hydrogen (secondary N) is 1. The second kappa shape index (κ2) is 9.98. The number of nitrogens with zero attached hydrogens (tertiary/aromatic N) is 2. The monoisotopic (exact) mass is 431 g/mol. The number of hydrogen-bond acceptors (Lipinski definition) is 7. The van der Waals surface area contributed by atoms with Crippen LogP contribution in [-0.4, -0.2) is 36.4 Å². The average molecular weight is 432 g/mol. The van der Waals surface area contributed by atoms with Crippen molar-refractivity contribution in [3.05, 3.63) is 53.4 Å². The Morgan fingerprint density at radius 2 is 1.87 bits per heavy atom. The molecule has 0 saturated carbocycles. The van der Waals surface area contributed by atoms with Gasteiger partial charge in [-0.1, -0.05) is 23.7 Å². The molecule has 158 valence electrons. The van der Waals surface area contributed by atoms with Crippen molar-refractivity contribution in [3.8, 4) is 28.6 Å². The number of ether oxygens (including phenoxy) is 3. The lowest BCUT2D eigenvalue weighted by molar-refractivity contribution is -0.128. The fourth-order valence-corrected chi connectivity index (χ4v) is 2.82. The summed E-state index contributed by atoms with van der Waals surface area (Å²) in [7, 11) is 3.12. The maximum atomic E-state index is 12.5. The Hall–Kier alpha value is -3.26. The van der Waals surface area contributed by atoms with Crippen molar-refractivity contribution in [2.75, 3.05) is 14.2 Å². The third-order valence-corrected chi connectivity index (χ3v) is 4.54. The largest absolute Gasteiger partial charge is 0.497 e. The summed E-state index contributed by atoms with van der Waals surface area (Å²) in [5.74, 6) is 2.09. The highest BCUT2D eigenvalue weighted by Crippen LogP contribution is 2.31. The second-order valence-corrected chi connectivity index (χ2v) is 6.70. The molecule has 2 aromatic carbocycles. The third-order valence-electron chi connectivity index (χ3n) is 4.29. The standard InChI is InChI=1S/C21H22ClN3O5/c1-4-17(29-14-7-5-13(22)6-8-14)21(26)23-12-19-24-20(25-30-19)16-10-9-15(27-2)11-18(16)28-3/h5-11,17H,4,12H2,1-3H3,(H,23,26)/t17-/m0/s1. The summed E-state index contributed by atoms with van der Waals surface area (Å²) in [4.78, 5) is 16.8. The SMILES string of the molecule is CC[C@H](Oc1ccc(Cl)cc1)C(=O)NCc1nc(-c2ccc(OC)cc2OC)no1. The van der Waals surface area contributed by atoms with Gasteiger partial charge in [0.1, 0.15) is 17.2 Å². The summed E-state index contributed by atoms with van der Waals surface area (Å²) >= 11 is 5.87. The predicted octanol–water partition coefficient (Wildman–Crippen LogP) is 3.88. The van der Waals surface area contributed by atoms with Gasteiger partial charge in [-0.15, -0.1) is 0 Å². The fraction of sp³-hybridized carbons (Fsp3) is 0.286. The normalized spacial score (nSPS) is 11.6. The summed E-state index contributed by atoms with van der Waals surface area (Å²) in [5.41, 5.74) is 0.650. The Kier molecular flexibility index (Phi) is 7.13. The molecule has 0 saturated heterocycles. The average Bonchev–Trinajstić information content (AvgIpc) is 3.25. The van der Waals surface area contributed by atoms with Crippen molar-refractivity contribution in [2.24, 2.45) is 0 Å². The number of halogens is 1. The van der Waals surface area contributed by atoms with Crippen LogP contribution in [-0.2, 0) is 11.3 Å². The maximum absolute atomic E-state index is 12.5. The summed E-state index contributed by atoms with van der Waals surface area (Å²) in [5, 5.41) is 7.32. The molecular formula is C21H22ClN3O5. The fourth-order valence-electron chi connectivity index (χ4n) is 2.70. The Balaban J connectivity index is 1.63. The second-order valence-electron chi connectivity index (χ2n) is 6.26. The number of rotatable bonds is 9. The van der Waals surface area contributed by atoms with E-state index in [1.165, 1.54) is 0 Å². The van der Waals surface area contributed by atoms with Gasteiger partial charge in [-0.25, -0.2) is 0 Å². The molecule has 0 bridgehead atoms. The van der Waals surface area contributed by atoms with E-state index in [1.807, 2.05) is 6.92 Å². The summed E-state index contributed by atoms with van der Waals surface area (Å²) < 4.78 is 21.5. The molecule has 1 heterocycles. The first-order valence-electron chi connectivity index (χ1n) is 9.29. The van der Waals surface area contributed by atoms with E-state index in [0.29, 0.717) is 40.1 Å². The Morgan fingerprint density at radius 3 is 2.53 bits per heavy atom. The van der Waals surface area contributed by atoms with Gasteiger partial charge < -0.3 is 24.1 Å². The summed E-state index contributed by atoms with van der Waals surface area (Å²) in [6.45, 7) is 1.94. The highest BCUT2D eigenvalue weighted by Gasteiger charge is 2.20. The van der Waals surface area contributed by atoms with Gasteiger partial charge >= 0.3 is 0 Å². The molecule has 1 amide bonds. The zero-order valence-electron chi connectivity index (χ0n) is 16.8. The van der Waals surface area contributed by atoms with E-state index in [4.69, 9.17) is 30.3 Å². The van der Waals surface area contributed by atoms with Crippen molar-refractivity contribution < 1.29 is 23.5 Å². The molecule has 1 atom stereocenters. The Labute approximate surface area is 179 Å². The van der Waals surface area contributed by atoms with Crippen LogP contribution < -0.4 is 19.5 Å². The first-order valence-corrected chi connectivity index (χ1v) is 9.66. The molecule has 1 aromatic heterocycles. The third kappa shape index (κ3) is 5.21. The van der Waals surface area contributed by atoms with Crippen molar-refractivity contribution in [1.29, 1.82) is 0 Å². The number of carbonyl (C=O) groups excluding carboxylic acids is 1. The molecule has 30 heavy (non-hydrogen) atoms. The van der Waals surface area contributed by atoms with E-state index in [2.05, 4.69) is 15.5 Å². The number of hydrogen-bond donors (Lipinski definition) is 1. The number of carbonyl (C=O) groups is 1. The van der Waals surface area contributed by atoms with Gasteiger partial charge in [0.15, 0.2) is 6.10 Å². The molecule has 8 nitrogen and oxygen atoms in total. The molecule has 1 N–H and O–H groups in total. The molecule has 0 unspecified atom stereocenters. The van der Waals surface area contributed by atoms with E-state index < -0.39 is 6.10 Å². The summed E-state index contributed by atoms with van der Waals surface area (Å²) in [6.07, 6.45) is -0.165. The van der Waals surface area contributed by atoms with E-state index in [-0.39, 0.29) is 18.3 Å². The van der Waals surface area contributed by atoms with Crippen LogP contribution >= 0.6 is 11.6 Å². The van der Waals surface area contributed by atoms with Gasteiger partial charge in [0.2, 0.25) is 11.7 Å². The number of aromatic nitrogens is 2. The number of methoxy groups -OCH3 is 2. The molecule has 0 aliphatic heterocycles. The first-order chi connectivity index (χ1) is 14.5. The van der Waals surface area contributed by atoms with Gasteiger partial charge in [-0.3, -0.25) is 4.79 Å². The van der Waals surface area contributed by atoms with Crippen LogP contribution in [0.25, 0.3) is 11.4 Å². The van der Waals surface area contributed by atoms with Crippen molar-refractivity contribution in [2.45, 2.75) is 26.0 Å². The first kappa shape index (κ1) is 21.4. The smallest absolute Gasteiger partial charge is 0.261 e. The van der Waals surface area contributed by atoms with Crippen LogP contribution in [0.15, 0.2) is 47.0 Å². The van der Waals surface area contributed by atoms with E-state index in [1.54, 1.807) is 56.7 Å². The maximum Gasteiger partial charge on any atom is 0.261 e. The minimum Gasteiger partial charge on any atom is -0.497 e. The lowest BCUT2D eigenvalue weighted by Gasteiger charge is -2.16. The molecular weight excluding hydrogens is 410 g/mol. The number of benzene rings is 2. The molecule has 0 radical (unpaired) electrons. The van der Waals surface area contributed by atoms with Crippen molar-refractivity contribution >= 4 is 17.5 Å². The van der Waals surface area contributed by atoms with Crippen molar-refractivity contribution in [3.63, 3.8) is 0 Å². The van der Waals surface area contributed by atoms with Crippen LogP contribution in [0.2, 0.25) is 5.02 Å². The summed E-state index contributed by atoms with van der Waals surface area (Å²) in [6, 6.07) is 12.1. The number of amides is 1. The lowest BCUT2D eigenvalue weighted by Crippen LogP contribution is -2.37. The van der Waals surface area contributed by atoms with E-state index in [0.717, 1.165) is 0 Å². The molecule has 0 spiro atoms. The topological polar surface area (TPSA) is 95.7 Å². The van der Waals surface area contributed by atoms with Gasteiger partial charge in [-0.2, -0.15) is 4.98 Å². The quantitative estimate of drug-likeness (QED) is 0.549. The van der Waals surface area contributed by atoms with Gasteiger partial charge in [0, 0.05) is 11.1 Å². The van der Waals surface area contributed by atoms with Crippen LogP contribution in [0.3, 0.4) is 0 Å². The van der Waals surface area contributed by atoms with Gasteiger partial charge in [-0.05, 0) is 42.8 Å². The molecule has 0 fully saturated rings. The predicted molar refractivity (Wildman–Crippen MR) is 111 cm³/mol. The Morgan fingerprint density at radius 1 is 1.13 bits per heavy atom. The minimum absolute atomic E-state index is 0.0742. The van der Waals surface area contributed by atoms with Crippen molar-refractivity contribution in [1.82, 2.24) is 15.5 Å². The molecule has 9 heteroatoms. The minimum atomic E-state index is -0.657. The molecule has 3 rings (SSSR count). The molecule has 0 aliphatic rings.